The first-order chi connectivity index (χ1) is 12.2. The second kappa shape index (κ2) is 6.86. The van der Waals surface area contributed by atoms with E-state index in [4.69, 9.17) is 4.98 Å². The molecule has 1 aliphatic carbocycles. The number of aromatic amines is 1. The van der Waals surface area contributed by atoms with Gasteiger partial charge in [0.2, 0.25) is 11.8 Å². The van der Waals surface area contributed by atoms with Crippen LogP contribution in [0.1, 0.15) is 50.3 Å². The predicted octanol–water partition coefficient (Wildman–Crippen LogP) is 2.23. The third kappa shape index (κ3) is 3.52. The molecule has 6 heteroatoms. The molecule has 2 amide bonds. The molecule has 1 aromatic carbocycles. The van der Waals surface area contributed by atoms with Crippen molar-refractivity contribution < 1.29 is 9.59 Å². The predicted molar refractivity (Wildman–Crippen MR) is 95.0 cm³/mol. The van der Waals surface area contributed by atoms with Gasteiger partial charge in [0.05, 0.1) is 11.0 Å². The van der Waals surface area contributed by atoms with Crippen molar-refractivity contribution in [2.75, 3.05) is 6.54 Å². The number of hydrogen-bond acceptors (Lipinski definition) is 3. The molecule has 0 spiro atoms. The first kappa shape index (κ1) is 16.1. The Labute approximate surface area is 146 Å². The molecule has 2 aliphatic rings. The number of aromatic nitrogens is 2. The lowest BCUT2D eigenvalue weighted by molar-refractivity contribution is -0.125. The lowest BCUT2D eigenvalue weighted by Crippen LogP contribution is -2.43. The molecule has 132 valence electrons. The summed E-state index contributed by atoms with van der Waals surface area (Å²) in [6.45, 7) is 0.706. The number of fused-ring (bicyclic) bond motifs is 1. The molecule has 1 aliphatic heterocycles. The Kier molecular flexibility index (Phi) is 4.42. The van der Waals surface area contributed by atoms with Gasteiger partial charge in [0.1, 0.15) is 11.9 Å². The molecule has 1 saturated carbocycles. The van der Waals surface area contributed by atoms with Gasteiger partial charge < -0.3 is 15.6 Å². The van der Waals surface area contributed by atoms with Crippen LogP contribution in [0, 0.1) is 5.92 Å². The van der Waals surface area contributed by atoms with Gasteiger partial charge >= 0.3 is 0 Å². The lowest BCUT2D eigenvalue weighted by Gasteiger charge is -2.27. The maximum atomic E-state index is 12.1. The summed E-state index contributed by atoms with van der Waals surface area (Å²) in [6.07, 6.45) is 5.46. The number of nitrogens with zero attached hydrogens (tertiary/aromatic N) is 1. The molecule has 1 saturated heterocycles. The molecular weight excluding hydrogens is 316 g/mol. The van der Waals surface area contributed by atoms with Crippen molar-refractivity contribution in [2.45, 2.75) is 50.5 Å². The van der Waals surface area contributed by atoms with Crippen molar-refractivity contribution in [3.63, 3.8) is 0 Å². The normalized spacial score (nSPS) is 26.6. The maximum Gasteiger partial charge on any atom is 0.242 e. The summed E-state index contributed by atoms with van der Waals surface area (Å²) in [6, 6.07) is 7.81. The van der Waals surface area contributed by atoms with Crippen molar-refractivity contribution in [1.82, 2.24) is 20.6 Å². The van der Waals surface area contributed by atoms with Crippen LogP contribution in [0.4, 0.5) is 0 Å². The van der Waals surface area contributed by atoms with E-state index in [0.29, 0.717) is 31.2 Å². The average Bonchev–Trinajstić information content (AvgIpc) is 3.26. The second-order valence-electron chi connectivity index (χ2n) is 7.26. The number of para-hydroxylation sites is 2. The zero-order valence-electron chi connectivity index (χ0n) is 14.3. The van der Waals surface area contributed by atoms with Gasteiger partial charge in [-0.15, -0.1) is 0 Å². The van der Waals surface area contributed by atoms with Gasteiger partial charge in [0.25, 0.3) is 0 Å². The Morgan fingerprint density at radius 1 is 1.16 bits per heavy atom. The highest BCUT2D eigenvalue weighted by atomic mass is 16.2. The van der Waals surface area contributed by atoms with Crippen LogP contribution in [0.15, 0.2) is 24.3 Å². The van der Waals surface area contributed by atoms with Crippen LogP contribution in [-0.4, -0.2) is 34.4 Å². The van der Waals surface area contributed by atoms with Crippen LogP contribution in [0.3, 0.4) is 0 Å². The first-order valence-corrected chi connectivity index (χ1v) is 9.21. The summed E-state index contributed by atoms with van der Waals surface area (Å²) in [5.74, 6) is 2.03. The summed E-state index contributed by atoms with van der Waals surface area (Å²) < 4.78 is 0. The molecule has 6 nitrogen and oxygen atoms in total. The first-order valence-electron chi connectivity index (χ1n) is 9.21. The fourth-order valence-corrected chi connectivity index (χ4v) is 3.98. The zero-order valence-corrected chi connectivity index (χ0v) is 14.3. The Hall–Kier alpha value is -2.37. The van der Waals surface area contributed by atoms with Gasteiger partial charge in [-0.1, -0.05) is 12.1 Å². The smallest absolute Gasteiger partial charge is 0.242 e. The summed E-state index contributed by atoms with van der Waals surface area (Å²) in [5, 5.41) is 5.73. The molecule has 0 bridgehead atoms. The molecule has 3 N–H and O–H groups in total. The Morgan fingerprint density at radius 2 is 1.96 bits per heavy atom. The highest BCUT2D eigenvalue weighted by Gasteiger charge is 2.29. The molecule has 1 atom stereocenters. The van der Waals surface area contributed by atoms with Gasteiger partial charge in [-0.25, -0.2) is 4.98 Å². The van der Waals surface area contributed by atoms with Gasteiger partial charge in [-0.3, -0.25) is 9.59 Å². The van der Waals surface area contributed by atoms with Crippen molar-refractivity contribution in [3.8, 4) is 0 Å². The Balaban J connectivity index is 1.27. The highest BCUT2D eigenvalue weighted by molar-refractivity contribution is 5.90. The topological polar surface area (TPSA) is 86.9 Å². The van der Waals surface area contributed by atoms with Gasteiger partial charge in [0.15, 0.2) is 0 Å². The van der Waals surface area contributed by atoms with E-state index < -0.39 is 0 Å². The van der Waals surface area contributed by atoms with Gasteiger partial charge in [-0.05, 0) is 50.2 Å². The van der Waals surface area contributed by atoms with Crippen LogP contribution >= 0.6 is 0 Å². The molecule has 1 unspecified atom stereocenters. The minimum atomic E-state index is -0.334. The van der Waals surface area contributed by atoms with Crippen molar-refractivity contribution in [3.05, 3.63) is 30.1 Å². The fraction of sp³-hybridized carbons (Fsp3) is 0.526. The van der Waals surface area contributed by atoms with E-state index in [1.54, 1.807) is 0 Å². The number of hydrogen-bond donors (Lipinski definition) is 3. The molecule has 1 aromatic heterocycles. The third-order valence-electron chi connectivity index (χ3n) is 5.52. The summed E-state index contributed by atoms with van der Waals surface area (Å²) >= 11 is 0. The van der Waals surface area contributed by atoms with E-state index in [9.17, 15) is 9.59 Å². The third-order valence-corrected chi connectivity index (χ3v) is 5.52. The highest BCUT2D eigenvalue weighted by Crippen LogP contribution is 2.35. The standard InChI is InChI=1S/C19H24N4O2/c24-17-10-9-16(21-17)19(25)20-11-12-5-7-13(8-6-12)18-22-14-3-1-2-4-15(14)23-18/h1-4,12-13,16H,5-11H2,(H,20,25)(H,21,24)(H,22,23). The number of imidazole rings is 1. The monoisotopic (exact) mass is 340 g/mol. The second-order valence-corrected chi connectivity index (χ2v) is 7.26. The average molecular weight is 340 g/mol. The summed E-state index contributed by atoms with van der Waals surface area (Å²) in [7, 11) is 0. The largest absolute Gasteiger partial charge is 0.354 e. The van der Waals surface area contributed by atoms with Gasteiger partial charge in [-0.2, -0.15) is 0 Å². The lowest BCUT2D eigenvalue weighted by atomic mass is 9.81. The van der Waals surface area contributed by atoms with E-state index in [1.165, 1.54) is 0 Å². The zero-order chi connectivity index (χ0) is 17.2. The minimum Gasteiger partial charge on any atom is -0.354 e. The minimum absolute atomic E-state index is 0.0218. The molecule has 2 aromatic rings. The van der Waals surface area contributed by atoms with Crippen molar-refractivity contribution in [1.29, 1.82) is 0 Å². The number of carbonyl (C=O) groups is 2. The van der Waals surface area contributed by atoms with Crippen LogP contribution in [0.5, 0.6) is 0 Å². The van der Waals surface area contributed by atoms with Crippen LogP contribution in [0.25, 0.3) is 11.0 Å². The van der Waals surface area contributed by atoms with Crippen LogP contribution < -0.4 is 10.6 Å². The molecule has 2 heterocycles. The Bertz CT molecular complexity index is 744. The molecule has 2 fully saturated rings. The van der Waals surface area contributed by atoms with E-state index in [0.717, 1.165) is 42.5 Å². The van der Waals surface area contributed by atoms with E-state index in [2.05, 4.69) is 21.7 Å². The number of rotatable bonds is 4. The molecule has 0 radical (unpaired) electrons. The number of H-pyrrole nitrogens is 1. The molecule has 4 rings (SSSR count). The SMILES string of the molecule is O=C1CCC(C(=O)NCC2CCC(c3nc4ccccc4[nH]3)CC2)N1. The number of amides is 2. The summed E-state index contributed by atoms with van der Waals surface area (Å²) in [5.41, 5.74) is 2.14. The fourth-order valence-electron chi connectivity index (χ4n) is 3.98. The molecular formula is C19H24N4O2. The van der Waals surface area contributed by atoms with Crippen LogP contribution in [0.2, 0.25) is 0 Å². The van der Waals surface area contributed by atoms with Crippen molar-refractivity contribution in [2.24, 2.45) is 5.92 Å². The Morgan fingerprint density at radius 3 is 2.68 bits per heavy atom. The summed E-state index contributed by atoms with van der Waals surface area (Å²) in [4.78, 5) is 31.5. The van der Waals surface area contributed by atoms with E-state index in [-0.39, 0.29) is 17.9 Å². The van der Waals surface area contributed by atoms with E-state index >= 15 is 0 Å². The van der Waals surface area contributed by atoms with Crippen molar-refractivity contribution >= 4 is 22.8 Å². The van der Waals surface area contributed by atoms with Crippen LogP contribution in [-0.2, 0) is 9.59 Å². The van der Waals surface area contributed by atoms with E-state index in [1.807, 2.05) is 18.2 Å². The van der Waals surface area contributed by atoms with Gasteiger partial charge in [0, 0.05) is 18.9 Å². The number of nitrogens with one attached hydrogen (secondary N) is 3. The maximum absolute atomic E-state index is 12.1. The number of benzene rings is 1. The quantitative estimate of drug-likeness (QED) is 0.798. The molecule has 25 heavy (non-hydrogen) atoms. The number of carbonyl (C=O) groups excluding carboxylic acids is 2.